The van der Waals surface area contributed by atoms with Crippen LogP contribution >= 0.6 is 0 Å². The molecule has 4 nitrogen and oxygen atoms in total. The Hall–Kier alpha value is -0.610. The van der Waals surface area contributed by atoms with Gasteiger partial charge in [-0.1, -0.05) is 0 Å². The third kappa shape index (κ3) is 3.93. The zero-order chi connectivity index (χ0) is 13.8. The van der Waals surface area contributed by atoms with Crippen LogP contribution in [-0.2, 0) is 4.79 Å². The van der Waals surface area contributed by atoms with Crippen molar-refractivity contribution < 1.29 is 4.79 Å². The van der Waals surface area contributed by atoms with Crippen LogP contribution in [0.3, 0.4) is 0 Å². The molecule has 2 saturated heterocycles. The minimum absolute atomic E-state index is 0.0220. The average molecular weight is 267 g/mol. The smallest absolute Gasteiger partial charge is 0.239 e. The summed E-state index contributed by atoms with van der Waals surface area (Å²) < 4.78 is 0. The van der Waals surface area contributed by atoms with Gasteiger partial charge >= 0.3 is 0 Å². The lowest BCUT2D eigenvalue weighted by atomic mass is 10.1. The average Bonchev–Trinajstić information content (AvgIpc) is 3.05. The Morgan fingerprint density at radius 2 is 1.89 bits per heavy atom. The van der Waals surface area contributed by atoms with Crippen LogP contribution in [0.4, 0.5) is 0 Å². The molecule has 1 N–H and O–H groups in total. The van der Waals surface area contributed by atoms with Crippen molar-refractivity contribution in [2.45, 2.75) is 52.1 Å². The van der Waals surface area contributed by atoms with Gasteiger partial charge in [0.25, 0.3) is 0 Å². The Bertz CT molecular complexity index is 300. The molecule has 110 valence electrons. The fourth-order valence-electron chi connectivity index (χ4n) is 3.14. The van der Waals surface area contributed by atoms with Gasteiger partial charge in [0.2, 0.25) is 5.91 Å². The molecule has 19 heavy (non-hydrogen) atoms. The first-order valence-electron chi connectivity index (χ1n) is 7.84. The first kappa shape index (κ1) is 14.8. The SMILES string of the molecule is CC(NCC1CCN(C(C)C)C1)C(=O)N1CCCC1. The molecule has 0 aromatic rings. The van der Waals surface area contributed by atoms with Gasteiger partial charge in [-0.2, -0.15) is 0 Å². The van der Waals surface area contributed by atoms with E-state index in [0.717, 1.165) is 19.6 Å². The Labute approximate surface area is 117 Å². The summed E-state index contributed by atoms with van der Waals surface area (Å²) >= 11 is 0. The molecular formula is C15H29N3O. The molecule has 2 atom stereocenters. The summed E-state index contributed by atoms with van der Waals surface area (Å²) in [4.78, 5) is 16.7. The van der Waals surface area contributed by atoms with E-state index < -0.39 is 0 Å². The highest BCUT2D eigenvalue weighted by Crippen LogP contribution is 2.18. The summed E-state index contributed by atoms with van der Waals surface area (Å²) in [6.07, 6.45) is 3.60. The summed E-state index contributed by atoms with van der Waals surface area (Å²) in [6, 6.07) is 0.625. The van der Waals surface area contributed by atoms with Gasteiger partial charge in [-0.15, -0.1) is 0 Å². The van der Waals surface area contributed by atoms with E-state index in [4.69, 9.17) is 0 Å². The predicted molar refractivity (Wildman–Crippen MR) is 78.1 cm³/mol. The number of nitrogens with one attached hydrogen (secondary N) is 1. The third-order valence-corrected chi connectivity index (χ3v) is 4.55. The van der Waals surface area contributed by atoms with Gasteiger partial charge in [0.15, 0.2) is 0 Å². The van der Waals surface area contributed by atoms with Gasteiger partial charge in [-0.25, -0.2) is 0 Å². The molecule has 2 heterocycles. The van der Waals surface area contributed by atoms with E-state index in [9.17, 15) is 4.79 Å². The normalized spacial score (nSPS) is 26.3. The van der Waals surface area contributed by atoms with Crippen LogP contribution in [0, 0.1) is 5.92 Å². The van der Waals surface area contributed by atoms with Crippen LogP contribution in [0.2, 0.25) is 0 Å². The highest BCUT2D eigenvalue weighted by molar-refractivity contribution is 5.81. The van der Waals surface area contributed by atoms with Gasteiger partial charge in [-0.05, 0) is 59.0 Å². The molecule has 2 aliphatic heterocycles. The zero-order valence-corrected chi connectivity index (χ0v) is 12.7. The van der Waals surface area contributed by atoms with E-state index in [1.807, 2.05) is 11.8 Å². The first-order chi connectivity index (χ1) is 9.08. The second-order valence-electron chi connectivity index (χ2n) is 6.41. The third-order valence-electron chi connectivity index (χ3n) is 4.55. The number of hydrogen-bond donors (Lipinski definition) is 1. The number of hydrogen-bond acceptors (Lipinski definition) is 3. The highest BCUT2D eigenvalue weighted by atomic mass is 16.2. The van der Waals surface area contributed by atoms with Crippen molar-refractivity contribution in [1.82, 2.24) is 15.1 Å². The number of carbonyl (C=O) groups excluding carboxylic acids is 1. The number of carbonyl (C=O) groups is 1. The molecule has 0 aromatic heterocycles. The van der Waals surface area contributed by atoms with Crippen molar-refractivity contribution in [2.24, 2.45) is 5.92 Å². The van der Waals surface area contributed by atoms with Crippen LogP contribution in [-0.4, -0.2) is 60.5 Å². The molecule has 2 aliphatic rings. The van der Waals surface area contributed by atoms with Crippen LogP contribution in [0.25, 0.3) is 0 Å². The summed E-state index contributed by atoms with van der Waals surface area (Å²) in [7, 11) is 0. The Morgan fingerprint density at radius 3 is 2.47 bits per heavy atom. The Balaban J connectivity index is 1.69. The van der Waals surface area contributed by atoms with E-state index in [1.165, 1.54) is 32.4 Å². The van der Waals surface area contributed by atoms with Crippen molar-refractivity contribution in [2.75, 3.05) is 32.7 Å². The Morgan fingerprint density at radius 1 is 1.21 bits per heavy atom. The molecule has 2 unspecified atom stereocenters. The van der Waals surface area contributed by atoms with Gasteiger partial charge < -0.3 is 15.1 Å². The number of nitrogens with zero attached hydrogens (tertiary/aromatic N) is 2. The van der Waals surface area contributed by atoms with E-state index in [0.29, 0.717) is 12.0 Å². The molecular weight excluding hydrogens is 238 g/mol. The van der Waals surface area contributed by atoms with E-state index in [2.05, 4.69) is 24.1 Å². The second-order valence-corrected chi connectivity index (χ2v) is 6.41. The minimum Gasteiger partial charge on any atom is -0.341 e. The van der Waals surface area contributed by atoms with Crippen LogP contribution in [0.1, 0.15) is 40.0 Å². The quantitative estimate of drug-likeness (QED) is 0.816. The maximum absolute atomic E-state index is 12.2. The highest BCUT2D eigenvalue weighted by Gasteiger charge is 2.26. The van der Waals surface area contributed by atoms with Crippen molar-refractivity contribution >= 4 is 5.91 Å². The largest absolute Gasteiger partial charge is 0.341 e. The minimum atomic E-state index is -0.0220. The van der Waals surface area contributed by atoms with Gasteiger partial charge in [0.1, 0.15) is 0 Å². The maximum Gasteiger partial charge on any atom is 0.239 e. The molecule has 2 fully saturated rings. The molecule has 0 spiro atoms. The molecule has 2 rings (SSSR count). The number of likely N-dealkylation sites (tertiary alicyclic amines) is 2. The van der Waals surface area contributed by atoms with Crippen molar-refractivity contribution in [3.63, 3.8) is 0 Å². The van der Waals surface area contributed by atoms with E-state index in [1.54, 1.807) is 0 Å². The summed E-state index contributed by atoms with van der Waals surface area (Å²) in [6.45, 7) is 11.8. The van der Waals surface area contributed by atoms with Crippen molar-refractivity contribution in [3.05, 3.63) is 0 Å². The molecule has 0 radical (unpaired) electrons. The number of amides is 1. The fraction of sp³-hybridized carbons (Fsp3) is 0.933. The molecule has 0 saturated carbocycles. The summed E-state index contributed by atoms with van der Waals surface area (Å²) in [5.41, 5.74) is 0. The summed E-state index contributed by atoms with van der Waals surface area (Å²) in [5, 5.41) is 3.44. The lowest BCUT2D eigenvalue weighted by Crippen LogP contribution is -2.45. The lowest BCUT2D eigenvalue weighted by Gasteiger charge is -2.23. The van der Waals surface area contributed by atoms with Crippen LogP contribution in [0.15, 0.2) is 0 Å². The second kappa shape index (κ2) is 6.71. The van der Waals surface area contributed by atoms with Crippen molar-refractivity contribution in [1.29, 1.82) is 0 Å². The van der Waals surface area contributed by atoms with Gasteiger partial charge in [-0.3, -0.25) is 4.79 Å². The standard InChI is InChI=1S/C15H29N3O/c1-12(2)18-9-6-14(11-18)10-16-13(3)15(19)17-7-4-5-8-17/h12-14,16H,4-11H2,1-3H3. The predicted octanol–water partition coefficient (Wildman–Crippen LogP) is 1.32. The maximum atomic E-state index is 12.2. The van der Waals surface area contributed by atoms with Gasteiger partial charge in [0.05, 0.1) is 6.04 Å². The monoisotopic (exact) mass is 267 g/mol. The summed E-state index contributed by atoms with van der Waals surface area (Å²) in [5.74, 6) is 0.993. The van der Waals surface area contributed by atoms with E-state index in [-0.39, 0.29) is 11.9 Å². The van der Waals surface area contributed by atoms with Gasteiger partial charge in [0, 0.05) is 25.7 Å². The topological polar surface area (TPSA) is 35.6 Å². The molecule has 4 heteroatoms. The first-order valence-corrected chi connectivity index (χ1v) is 7.84. The Kier molecular flexibility index (Phi) is 5.22. The molecule has 0 aromatic carbocycles. The fourth-order valence-corrected chi connectivity index (χ4v) is 3.14. The van der Waals surface area contributed by atoms with E-state index >= 15 is 0 Å². The van der Waals surface area contributed by atoms with Crippen molar-refractivity contribution in [3.8, 4) is 0 Å². The zero-order valence-electron chi connectivity index (χ0n) is 12.7. The molecule has 0 bridgehead atoms. The molecule has 1 amide bonds. The van der Waals surface area contributed by atoms with Crippen LogP contribution < -0.4 is 5.32 Å². The van der Waals surface area contributed by atoms with Crippen LogP contribution in [0.5, 0.6) is 0 Å². The lowest BCUT2D eigenvalue weighted by molar-refractivity contribution is -0.131. The molecule has 0 aliphatic carbocycles. The number of rotatable bonds is 5.